The summed E-state index contributed by atoms with van der Waals surface area (Å²) in [5.41, 5.74) is 7.92. The molecule has 5 heteroatoms. The third kappa shape index (κ3) is 1.96. The molecule has 2 heterocycles. The first-order chi connectivity index (χ1) is 8.38. The predicted molar refractivity (Wildman–Crippen MR) is 67.9 cm³/mol. The van der Waals surface area contributed by atoms with Crippen molar-refractivity contribution >= 4 is 11.3 Å². The Balaban J connectivity index is 2.02. The minimum Gasteiger partial charge on any atom is -0.330 e. The lowest BCUT2D eigenvalue weighted by atomic mass is 9.91. The van der Waals surface area contributed by atoms with Gasteiger partial charge in [-0.2, -0.15) is 0 Å². The molecule has 0 radical (unpaired) electrons. The van der Waals surface area contributed by atoms with Crippen molar-refractivity contribution in [1.29, 1.82) is 0 Å². The number of nitrogens with zero attached hydrogens (tertiary/aromatic N) is 3. The Bertz CT molecular complexity index is 508. The fourth-order valence-electron chi connectivity index (χ4n) is 2.26. The van der Waals surface area contributed by atoms with Gasteiger partial charge < -0.3 is 5.73 Å². The van der Waals surface area contributed by atoms with Gasteiger partial charge in [-0.25, -0.2) is 15.0 Å². The topological polar surface area (TPSA) is 64.7 Å². The summed E-state index contributed by atoms with van der Waals surface area (Å²) in [7, 11) is 0. The molecule has 0 saturated carbocycles. The highest BCUT2D eigenvalue weighted by atomic mass is 32.1. The number of aromatic nitrogens is 3. The van der Waals surface area contributed by atoms with Gasteiger partial charge in [0.15, 0.2) is 0 Å². The lowest BCUT2D eigenvalue weighted by Gasteiger charge is -2.18. The average molecular weight is 246 g/mol. The number of hydrogen-bond donors (Lipinski definition) is 1. The molecule has 4 nitrogen and oxygen atoms in total. The van der Waals surface area contributed by atoms with Crippen LogP contribution in [-0.2, 0) is 6.42 Å². The fraction of sp³-hybridized carbons (Fsp3) is 0.417. The van der Waals surface area contributed by atoms with Crippen LogP contribution in [0.5, 0.6) is 0 Å². The van der Waals surface area contributed by atoms with E-state index in [-0.39, 0.29) is 0 Å². The summed E-state index contributed by atoms with van der Waals surface area (Å²) in [6.07, 6.45) is 6.84. The maximum atomic E-state index is 5.81. The standard InChI is InChI=1S/C12H14N4S/c13-6-8-2-1-3-10-11(8)16-12(17-10)9-4-5-14-7-15-9/h4-5,7-8H,1-3,6,13H2. The van der Waals surface area contributed by atoms with Crippen LogP contribution < -0.4 is 5.73 Å². The van der Waals surface area contributed by atoms with Crippen molar-refractivity contribution in [2.24, 2.45) is 5.73 Å². The molecule has 2 aromatic heterocycles. The van der Waals surface area contributed by atoms with Crippen LogP contribution >= 0.6 is 11.3 Å². The lowest BCUT2D eigenvalue weighted by molar-refractivity contribution is 0.554. The molecule has 17 heavy (non-hydrogen) atoms. The Hall–Kier alpha value is -1.33. The average Bonchev–Trinajstić information content (AvgIpc) is 2.83. The molecule has 1 unspecified atom stereocenters. The van der Waals surface area contributed by atoms with Gasteiger partial charge in [-0.1, -0.05) is 0 Å². The molecule has 2 N–H and O–H groups in total. The molecule has 0 spiro atoms. The minimum atomic E-state index is 0.436. The van der Waals surface area contributed by atoms with Crippen molar-refractivity contribution in [1.82, 2.24) is 15.0 Å². The van der Waals surface area contributed by atoms with Gasteiger partial charge in [0.05, 0.1) is 5.69 Å². The molecule has 1 aliphatic carbocycles. The van der Waals surface area contributed by atoms with Gasteiger partial charge in [0.2, 0.25) is 0 Å². The third-order valence-electron chi connectivity index (χ3n) is 3.16. The zero-order valence-corrected chi connectivity index (χ0v) is 10.3. The Morgan fingerprint density at radius 3 is 3.18 bits per heavy atom. The number of hydrogen-bond acceptors (Lipinski definition) is 5. The highest BCUT2D eigenvalue weighted by Gasteiger charge is 2.24. The lowest BCUT2D eigenvalue weighted by Crippen LogP contribution is -2.17. The third-order valence-corrected chi connectivity index (χ3v) is 4.31. The quantitative estimate of drug-likeness (QED) is 0.880. The van der Waals surface area contributed by atoms with Crippen LogP contribution in [0.3, 0.4) is 0 Å². The van der Waals surface area contributed by atoms with Crippen LogP contribution in [0.1, 0.15) is 29.3 Å². The zero-order valence-electron chi connectivity index (χ0n) is 9.47. The Morgan fingerprint density at radius 1 is 1.47 bits per heavy atom. The van der Waals surface area contributed by atoms with Crippen molar-refractivity contribution in [2.45, 2.75) is 25.2 Å². The van der Waals surface area contributed by atoms with E-state index in [4.69, 9.17) is 10.7 Å². The van der Waals surface area contributed by atoms with E-state index in [0.717, 1.165) is 23.5 Å². The van der Waals surface area contributed by atoms with E-state index in [9.17, 15) is 0 Å². The monoisotopic (exact) mass is 246 g/mol. The van der Waals surface area contributed by atoms with Gasteiger partial charge >= 0.3 is 0 Å². The molecule has 0 amide bonds. The van der Waals surface area contributed by atoms with Crippen LogP contribution in [0.15, 0.2) is 18.6 Å². The summed E-state index contributed by atoms with van der Waals surface area (Å²) in [6.45, 7) is 0.694. The second-order valence-corrected chi connectivity index (χ2v) is 5.33. The number of nitrogens with two attached hydrogens (primary N) is 1. The molecule has 0 aromatic carbocycles. The number of thiazole rings is 1. The second-order valence-electron chi connectivity index (χ2n) is 4.25. The molecule has 1 aliphatic rings. The largest absolute Gasteiger partial charge is 0.330 e. The van der Waals surface area contributed by atoms with Crippen LogP contribution in [0.2, 0.25) is 0 Å². The van der Waals surface area contributed by atoms with Gasteiger partial charge in [-0.15, -0.1) is 11.3 Å². The Labute approximate surface area is 104 Å². The van der Waals surface area contributed by atoms with Crippen molar-refractivity contribution < 1.29 is 0 Å². The zero-order chi connectivity index (χ0) is 11.7. The van der Waals surface area contributed by atoms with Gasteiger partial charge in [-0.05, 0) is 25.3 Å². The highest BCUT2D eigenvalue weighted by molar-refractivity contribution is 7.15. The van der Waals surface area contributed by atoms with E-state index < -0.39 is 0 Å². The van der Waals surface area contributed by atoms with Crippen LogP contribution in [0, 0.1) is 0 Å². The molecule has 0 aliphatic heterocycles. The Morgan fingerprint density at radius 2 is 2.41 bits per heavy atom. The van der Waals surface area contributed by atoms with Gasteiger partial charge in [0, 0.05) is 23.5 Å². The van der Waals surface area contributed by atoms with Crippen LogP contribution in [0.25, 0.3) is 10.7 Å². The molecule has 2 aromatic rings. The van der Waals surface area contributed by atoms with Crippen LogP contribution in [0.4, 0.5) is 0 Å². The van der Waals surface area contributed by atoms with Gasteiger partial charge in [-0.3, -0.25) is 0 Å². The predicted octanol–water partition coefficient (Wildman–Crippen LogP) is 1.98. The molecule has 3 rings (SSSR count). The molecular weight excluding hydrogens is 232 g/mol. The summed E-state index contributed by atoms with van der Waals surface area (Å²) in [5.74, 6) is 0.436. The summed E-state index contributed by atoms with van der Waals surface area (Å²) >= 11 is 1.75. The summed E-state index contributed by atoms with van der Waals surface area (Å²) < 4.78 is 0. The van der Waals surface area contributed by atoms with Crippen molar-refractivity contribution in [3.8, 4) is 10.7 Å². The summed E-state index contributed by atoms with van der Waals surface area (Å²) in [6, 6.07) is 1.90. The van der Waals surface area contributed by atoms with E-state index in [0.29, 0.717) is 12.5 Å². The molecular formula is C12H14N4S. The second kappa shape index (κ2) is 4.50. The fourth-order valence-corrected chi connectivity index (χ4v) is 3.43. The maximum absolute atomic E-state index is 5.81. The van der Waals surface area contributed by atoms with Gasteiger partial charge in [0.1, 0.15) is 17.0 Å². The maximum Gasteiger partial charge on any atom is 0.142 e. The van der Waals surface area contributed by atoms with E-state index in [2.05, 4.69) is 9.97 Å². The first-order valence-corrected chi connectivity index (χ1v) is 6.66. The normalized spacial score (nSPS) is 19.0. The molecule has 1 atom stereocenters. The number of aryl methyl sites for hydroxylation is 1. The highest BCUT2D eigenvalue weighted by Crippen LogP contribution is 2.36. The van der Waals surface area contributed by atoms with E-state index >= 15 is 0 Å². The molecule has 0 bridgehead atoms. The van der Waals surface area contributed by atoms with Crippen molar-refractivity contribution in [3.63, 3.8) is 0 Å². The van der Waals surface area contributed by atoms with Crippen LogP contribution in [-0.4, -0.2) is 21.5 Å². The van der Waals surface area contributed by atoms with E-state index in [1.54, 1.807) is 23.9 Å². The first kappa shape index (κ1) is 10.8. The van der Waals surface area contributed by atoms with Crippen molar-refractivity contribution in [2.75, 3.05) is 6.54 Å². The number of rotatable bonds is 2. The minimum absolute atomic E-state index is 0.436. The molecule has 88 valence electrons. The molecule has 0 fully saturated rings. The summed E-state index contributed by atoms with van der Waals surface area (Å²) in [4.78, 5) is 14.3. The van der Waals surface area contributed by atoms with Gasteiger partial charge in [0.25, 0.3) is 0 Å². The number of fused-ring (bicyclic) bond motifs is 1. The smallest absolute Gasteiger partial charge is 0.142 e. The van der Waals surface area contributed by atoms with Crippen molar-refractivity contribution in [3.05, 3.63) is 29.2 Å². The van der Waals surface area contributed by atoms with E-state index in [1.165, 1.54) is 17.0 Å². The molecule has 0 saturated heterocycles. The van der Waals surface area contributed by atoms with E-state index in [1.807, 2.05) is 6.07 Å². The first-order valence-electron chi connectivity index (χ1n) is 5.84. The Kier molecular flexibility index (Phi) is 2.86. The summed E-state index contributed by atoms with van der Waals surface area (Å²) in [5, 5.41) is 0.998. The SMILES string of the molecule is NCC1CCCc2sc(-c3ccncn3)nc21.